The van der Waals surface area contributed by atoms with E-state index in [0.717, 1.165) is 11.3 Å². The Morgan fingerprint density at radius 3 is 2.65 bits per heavy atom. The molecule has 0 radical (unpaired) electrons. The summed E-state index contributed by atoms with van der Waals surface area (Å²) >= 11 is 0. The van der Waals surface area contributed by atoms with Gasteiger partial charge in [0.1, 0.15) is 5.71 Å². The number of hydrogen-bond acceptors (Lipinski definition) is 3. The molecule has 1 aromatic carbocycles. The molecule has 0 saturated carbocycles. The Hall–Kier alpha value is -2.49. The van der Waals surface area contributed by atoms with E-state index in [9.17, 15) is 4.79 Å². The van der Waals surface area contributed by atoms with E-state index in [0.29, 0.717) is 11.4 Å². The van der Waals surface area contributed by atoms with Crippen molar-refractivity contribution in [3.8, 4) is 0 Å². The zero-order valence-corrected chi connectivity index (χ0v) is 11.4. The van der Waals surface area contributed by atoms with E-state index in [2.05, 4.69) is 9.98 Å². The minimum absolute atomic E-state index is 0.0509. The molecule has 0 fully saturated rings. The lowest BCUT2D eigenvalue weighted by Gasteiger charge is -2.20. The highest BCUT2D eigenvalue weighted by Gasteiger charge is 2.35. The third-order valence-electron chi connectivity index (χ3n) is 3.24. The van der Waals surface area contributed by atoms with Crippen molar-refractivity contribution in [2.75, 3.05) is 4.90 Å². The number of amides is 1. The summed E-state index contributed by atoms with van der Waals surface area (Å²) < 4.78 is 0. The van der Waals surface area contributed by atoms with E-state index in [1.165, 1.54) is 0 Å². The Kier molecular flexibility index (Phi) is 3.06. The molecule has 0 N–H and O–H groups in total. The number of fused-ring (bicyclic) bond motifs is 1. The van der Waals surface area contributed by atoms with Crippen molar-refractivity contribution in [1.29, 1.82) is 0 Å². The second kappa shape index (κ2) is 4.89. The van der Waals surface area contributed by atoms with E-state index in [4.69, 9.17) is 0 Å². The minimum Gasteiger partial charge on any atom is -0.304 e. The molecule has 0 aliphatic carbocycles. The third kappa shape index (κ3) is 1.99. The summed E-state index contributed by atoms with van der Waals surface area (Å²) in [5.74, 6) is -0.0509. The zero-order chi connectivity index (χ0) is 14.1. The van der Waals surface area contributed by atoms with Gasteiger partial charge in [0.2, 0.25) is 0 Å². The molecule has 0 spiro atoms. The molecule has 4 nitrogen and oxygen atoms in total. The number of rotatable bonds is 2. The smallest absolute Gasteiger partial charge is 0.277 e. The monoisotopic (exact) mass is 265 g/mol. The standard InChI is InChI=1S/C16H15N3O/c1-11(2)19-14-8-4-3-7-13(14)15(16(19)20)18-12-6-5-9-17-10-12/h3-11H,1-2H3. The molecule has 1 aliphatic rings. The number of para-hydroxylation sites is 1. The van der Waals surface area contributed by atoms with Gasteiger partial charge < -0.3 is 4.90 Å². The first-order chi connectivity index (χ1) is 9.68. The number of pyridine rings is 1. The molecule has 100 valence electrons. The van der Waals surface area contributed by atoms with Crippen LogP contribution in [-0.2, 0) is 4.79 Å². The molecular formula is C16H15N3O. The van der Waals surface area contributed by atoms with Crippen molar-refractivity contribution in [1.82, 2.24) is 4.98 Å². The number of nitrogens with zero attached hydrogens (tertiary/aromatic N) is 3. The Labute approximate surface area is 117 Å². The number of aromatic nitrogens is 1. The Bertz CT molecular complexity index is 677. The van der Waals surface area contributed by atoms with E-state index < -0.39 is 0 Å². The number of aliphatic imine (C=N–C) groups is 1. The highest BCUT2D eigenvalue weighted by molar-refractivity contribution is 6.54. The van der Waals surface area contributed by atoms with Crippen LogP contribution in [0.5, 0.6) is 0 Å². The van der Waals surface area contributed by atoms with Crippen LogP contribution < -0.4 is 4.90 Å². The van der Waals surface area contributed by atoms with Crippen LogP contribution in [-0.4, -0.2) is 22.6 Å². The molecule has 4 heteroatoms. The predicted molar refractivity (Wildman–Crippen MR) is 79.5 cm³/mol. The lowest BCUT2D eigenvalue weighted by molar-refractivity contribution is -0.112. The molecule has 1 amide bonds. The average Bonchev–Trinajstić information content (AvgIpc) is 2.73. The molecule has 3 rings (SSSR count). The Morgan fingerprint density at radius 2 is 1.95 bits per heavy atom. The van der Waals surface area contributed by atoms with E-state index in [-0.39, 0.29) is 11.9 Å². The van der Waals surface area contributed by atoms with E-state index >= 15 is 0 Å². The van der Waals surface area contributed by atoms with Gasteiger partial charge in [-0.15, -0.1) is 0 Å². The molecule has 1 aliphatic heterocycles. The van der Waals surface area contributed by atoms with Crippen LogP contribution in [0.15, 0.2) is 53.8 Å². The molecule has 0 bridgehead atoms. The summed E-state index contributed by atoms with van der Waals surface area (Å²) in [6.07, 6.45) is 3.34. The molecule has 1 aromatic heterocycles. The van der Waals surface area contributed by atoms with E-state index in [1.54, 1.807) is 17.3 Å². The number of carbonyl (C=O) groups excluding carboxylic acids is 1. The van der Waals surface area contributed by atoms with Crippen LogP contribution in [0.2, 0.25) is 0 Å². The van der Waals surface area contributed by atoms with Gasteiger partial charge in [-0.25, -0.2) is 4.99 Å². The second-order valence-electron chi connectivity index (χ2n) is 4.96. The summed E-state index contributed by atoms with van der Waals surface area (Å²) in [5, 5.41) is 0. The molecule has 20 heavy (non-hydrogen) atoms. The summed E-state index contributed by atoms with van der Waals surface area (Å²) in [6, 6.07) is 11.5. The van der Waals surface area contributed by atoms with Crippen molar-refractivity contribution in [2.24, 2.45) is 4.99 Å². The van der Waals surface area contributed by atoms with Crippen molar-refractivity contribution >= 4 is 23.0 Å². The van der Waals surface area contributed by atoms with Crippen molar-refractivity contribution in [3.05, 3.63) is 54.4 Å². The predicted octanol–water partition coefficient (Wildman–Crippen LogP) is 2.96. The van der Waals surface area contributed by atoms with Gasteiger partial charge in [-0.3, -0.25) is 9.78 Å². The number of anilines is 1. The average molecular weight is 265 g/mol. The van der Waals surface area contributed by atoms with Gasteiger partial charge in [0, 0.05) is 17.8 Å². The molecule has 0 unspecified atom stereocenters. The fourth-order valence-corrected chi connectivity index (χ4v) is 2.39. The van der Waals surface area contributed by atoms with Gasteiger partial charge in [-0.2, -0.15) is 0 Å². The molecule has 2 heterocycles. The molecule has 0 atom stereocenters. The quantitative estimate of drug-likeness (QED) is 0.838. The maximum absolute atomic E-state index is 12.6. The highest BCUT2D eigenvalue weighted by atomic mass is 16.2. The van der Waals surface area contributed by atoms with Crippen molar-refractivity contribution < 1.29 is 4.79 Å². The third-order valence-corrected chi connectivity index (χ3v) is 3.24. The van der Waals surface area contributed by atoms with Gasteiger partial charge in [0.15, 0.2) is 0 Å². The van der Waals surface area contributed by atoms with Gasteiger partial charge in [-0.05, 0) is 32.0 Å². The summed E-state index contributed by atoms with van der Waals surface area (Å²) in [5.41, 5.74) is 2.99. The number of benzene rings is 1. The lowest BCUT2D eigenvalue weighted by atomic mass is 10.1. The second-order valence-corrected chi connectivity index (χ2v) is 4.96. The van der Waals surface area contributed by atoms with Crippen LogP contribution in [0.25, 0.3) is 0 Å². The number of carbonyl (C=O) groups is 1. The largest absolute Gasteiger partial charge is 0.304 e. The van der Waals surface area contributed by atoms with Gasteiger partial charge in [-0.1, -0.05) is 18.2 Å². The first-order valence-electron chi connectivity index (χ1n) is 6.60. The molecule has 2 aromatic rings. The van der Waals surface area contributed by atoms with Gasteiger partial charge in [0.05, 0.1) is 17.6 Å². The summed E-state index contributed by atoms with van der Waals surface area (Å²) in [4.78, 5) is 22.9. The normalized spacial score (nSPS) is 16.1. The molecular weight excluding hydrogens is 250 g/mol. The fraction of sp³-hybridized carbons (Fsp3) is 0.188. The Morgan fingerprint density at radius 1 is 1.15 bits per heavy atom. The first-order valence-corrected chi connectivity index (χ1v) is 6.60. The SMILES string of the molecule is CC(C)N1C(=O)C(=Nc2cccnc2)c2ccccc21. The van der Waals surface area contributed by atoms with Crippen molar-refractivity contribution in [3.63, 3.8) is 0 Å². The van der Waals surface area contributed by atoms with Crippen molar-refractivity contribution in [2.45, 2.75) is 19.9 Å². The first kappa shape index (κ1) is 12.5. The maximum atomic E-state index is 12.6. The zero-order valence-electron chi connectivity index (χ0n) is 11.4. The molecule has 0 saturated heterocycles. The topological polar surface area (TPSA) is 45.6 Å². The van der Waals surface area contributed by atoms with Gasteiger partial charge in [0.25, 0.3) is 5.91 Å². The van der Waals surface area contributed by atoms with Crippen LogP contribution >= 0.6 is 0 Å². The maximum Gasteiger partial charge on any atom is 0.277 e. The Balaban J connectivity index is 2.14. The van der Waals surface area contributed by atoms with Crippen LogP contribution in [0.3, 0.4) is 0 Å². The van der Waals surface area contributed by atoms with Crippen LogP contribution in [0, 0.1) is 0 Å². The highest BCUT2D eigenvalue weighted by Crippen LogP contribution is 2.31. The van der Waals surface area contributed by atoms with Gasteiger partial charge >= 0.3 is 0 Å². The fourth-order valence-electron chi connectivity index (χ4n) is 2.39. The van der Waals surface area contributed by atoms with E-state index in [1.807, 2.05) is 50.2 Å². The van der Waals surface area contributed by atoms with Crippen LogP contribution in [0.4, 0.5) is 11.4 Å². The summed E-state index contributed by atoms with van der Waals surface area (Å²) in [7, 11) is 0. The summed E-state index contributed by atoms with van der Waals surface area (Å²) in [6.45, 7) is 4.00. The number of hydrogen-bond donors (Lipinski definition) is 0. The van der Waals surface area contributed by atoms with Crippen LogP contribution in [0.1, 0.15) is 19.4 Å². The minimum atomic E-state index is -0.0509. The lowest BCUT2D eigenvalue weighted by Crippen LogP contribution is -2.35.